The van der Waals surface area contributed by atoms with Gasteiger partial charge in [-0.15, -0.1) is 0 Å². The summed E-state index contributed by atoms with van der Waals surface area (Å²) in [6.07, 6.45) is 0. The second-order valence-electron chi connectivity index (χ2n) is 21.0. The van der Waals surface area contributed by atoms with Crippen molar-refractivity contribution in [3.05, 3.63) is 340 Å². The van der Waals surface area contributed by atoms with E-state index in [0.29, 0.717) is 0 Å². The van der Waals surface area contributed by atoms with Gasteiger partial charge >= 0.3 is 0 Å². The van der Waals surface area contributed by atoms with E-state index in [1.165, 1.54) is 140 Å². The zero-order valence-corrected chi connectivity index (χ0v) is 45.3. The highest BCUT2D eigenvalue weighted by Crippen LogP contribution is 2.48. The monoisotopic (exact) mass is 1040 g/mol. The molecule has 0 unspecified atom stereocenters. The first-order chi connectivity index (χ1) is 40.7. The first-order valence-electron chi connectivity index (χ1n) is 28.3. The van der Waals surface area contributed by atoms with Gasteiger partial charge in [-0.05, 0) is 140 Å². The molecule has 0 radical (unpaired) electrons. The molecule has 19 rings (SSSR count). The van der Waals surface area contributed by atoms with Crippen LogP contribution in [0.3, 0.4) is 0 Å². The van der Waals surface area contributed by atoms with Gasteiger partial charge in [0.1, 0.15) is 0 Å². The van der Waals surface area contributed by atoms with Crippen LogP contribution < -0.4 is 0 Å². The molecule has 0 aromatic heterocycles. The maximum Gasteiger partial charge on any atom is -0.00139 e. The highest BCUT2D eigenvalue weighted by atomic mass is 14.2. The minimum Gasteiger partial charge on any atom is -0.0623 e. The molecule has 0 spiro atoms. The van der Waals surface area contributed by atoms with E-state index in [4.69, 9.17) is 0 Å². The molecule has 0 aliphatic heterocycles. The fraction of sp³-hybridized carbons (Fsp3) is 0. The summed E-state index contributed by atoms with van der Waals surface area (Å²) < 4.78 is 0. The van der Waals surface area contributed by atoms with Gasteiger partial charge in [0.2, 0.25) is 0 Å². The number of fused-ring (bicyclic) bond motifs is 4. The smallest absolute Gasteiger partial charge is 0.00139 e. The molecule has 0 saturated carbocycles. The van der Waals surface area contributed by atoms with Crippen molar-refractivity contribution in [1.29, 1.82) is 0 Å². The van der Waals surface area contributed by atoms with Crippen LogP contribution in [0.1, 0.15) is 0 Å². The molecule has 384 valence electrons. The lowest BCUT2D eigenvalue weighted by molar-refractivity contribution is 1.62. The summed E-state index contributed by atoms with van der Waals surface area (Å²) in [6.45, 7) is 0. The lowest BCUT2D eigenvalue weighted by Gasteiger charge is -2.20. The summed E-state index contributed by atoms with van der Waals surface area (Å²) in [7, 11) is 0. The third-order valence-corrected chi connectivity index (χ3v) is 16.1. The number of hydrogen-bond donors (Lipinski definition) is 0. The lowest BCUT2D eigenvalue weighted by atomic mass is 9.83. The molecular formula is C82H56. The van der Waals surface area contributed by atoms with Crippen LogP contribution in [-0.4, -0.2) is 0 Å². The highest BCUT2D eigenvalue weighted by molar-refractivity contribution is 6.44. The topological polar surface area (TPSA) is 0 Å². The minimum absolute atomic E-state index is 1.28. The van der Waals surface area contributed by atoms with Gasteiger partial charge in [0, 0.05) is 0 Å². The molecule has 0 saturated heterocycles. The Labute approximate surface area is 477 Å². The van der Waals surface area contributed by atoms with E-state index < -0.39 is 0 Å². The van der Waals surface area contributed by atoms with Crippen LogP contribution in [0.15, 0.2) is 340 Å². The molecule has 0 atom stereocenters. The molecule has 0 fully saturated rings. The van der Waals surface area contributed by atoms with Crippen LogP contribution in [0.2, 0.25) is 0 Å². The van der Waals surface area contributed by atoms with Crippen LogP contribution >= 0.6 is 0 Å². The normalized spacial score (nSPS) is 11.2. The minimum atomic E-state index is 1.28. The SMILES string of the molecule is c1cc2ccc3ccc4ccc5ccc6ccc1c1c2c3c4c5c61.c1cc2ccc3cccc4ccc(c1)c2c34.c1ccc(-c2ccccc2)cc1.c1ccc2c(c1)ccc1ccccc12.c1ccc2ccccc2c1.c1ccccc1. The average molecular weight is 1040 g/mol. The van der Waals surface area contributed by atoms with Crippen molar-refractivity contribution in [2.24, 2.45) is 0 Å². The number of rotatable bonds is 1. The third-order valence-electron chi connectivity index (χ3n) is 16.1. The summed E-state index contributed by atoms with van der Waals surface area (Å²) in [6, 6.07) is 120. The summed E-state index contributed by atoms with van der Waals surface area (Å²) in [5, 5.41) is 32.8. The molecule has 0 N–H and O–H groups in total. The van der Waals surface area contributed by atoms with E-state index in [-0.39, 0.29) is 0 Å². The first-order valence-corrected chi connectivity index (χ1v) is 28.3. The predicted octanol–water partition coefficient (Wildman–Crippen LogP) is 23.4. The molecule has 0 amide bonds. The van der Waals surface area contributed by atoms with Crippen molar-refractivity contribution < 1.29 is 0 Å². The molecule has 19 aromatic carbocycles. The summed E-state index contributed by atoms with van der Waals surface area (Å²) in [5.41, 5.74) is 2.55. The number of hydrogen-bond acceptors (Lipinski definition) is 0. The predicted molar refractivity (Wildman–Crippen MR) is 359 cm³/mol. The Bertz CT molecular complexity index is 4550. The standard InChI is InChI=1S/C24H12.C16H10.C14H10.C12H10.C10H8.C6H6/c1-2-14-5-6-16-9-11-18-12-10-17-8-7-15-4-3-13(1)19-20(14)22(16)24(18)23(17)21(15)19;1-3-11-7-9-13-5-2-6-14-10-8-12(4-1)15(11)16(13)14;1-3-7-13-11(5-1)9-10-12-6-2-4-8-14(12)13;1-3-7-11(8-4-1)12-9-5-2-6-10-12;1-2-6-10-8-4-3-7-9(10)5-1;1-2-4-6-5-3-1/h1-12H;1-10H;1-10H;1-10H;1-8H;1-6H. The van der Waals surface area contributed by atoms with Gasteiger partial charge in [0.15, 0.2) is 0 Å². The van der Waals surface area contributed by atoms with Crippen molar-refractivity contribution >= 4 is 129 Å². The van der Waals surface area contributed by atoms with E-state index >= 15 is 0 Å². The van der Waals surface area contributed by atoms with Crippen LogP contribution in [0.4, 0.5) is 0 Å². The average Bonchev–Trinajstić information content (AvgIpc) is 1.69. The van der Waals surface area contributed by atoms with Crippen molar-refractivity contribution in [2.75, 3.05) is 0 Å². The Balaban J connectivity index is 0.0000000923. The van der Waals surface area contributed by atoms with Crippen LogP contribution in [0, 0.1) is 0 Å². The Morgan fingerprint density at radius 1 is 0.0976 bits per heavy atom. The molecule has 0 nitrogen and oxygen atoms in total. The van der Waals surface area contributed by atoms with Gasteiger partial charge in [0.25, 0.3) is 0 Å². The van der Waals surface area contributed by atoms with Crippen LogP contribution in [0.25, 0.3) is 140 Å². The molecule has 19 aromatic rings. The Morgan fingerprint density at radius 2 is 0.268 bits per heavy atom. The third kappa shape index (κ3) is 9.53. The molecule has 82 heavy (non-hydrogen) atoms. The largest absolute Gasteiger partial charge is 0.0623 e. The zero-order chi connectivity index (χ0) is 54.6. The van der Waals surface area contributed by atoms with Crippen molar-refractivity contribution in [3.63, 3.8) is 0 Å². The van der Waals surface area contributed by atoms with Gasteiger partial charge < -0.3 is 0 Å². The van der Waals surface area contributed by atoms with Gasteiger partial charge in [-0.2, -0.15) is 0 Å². The fourth-order valence-electron chi connectivity index (χ4n) is 12.3. The second kappa shape index (κ2) is 22.2. The van der Waals surface area contributed by atoms with Crippen molar-refractivity contribution in [2.45, 2.75) is 0 Å². The van der Waals surface area contributed by atoms with E-state index in [1.54, 1.807) is 0 Å². The summed E-state index contributed by atoms with van der Waals surface area (Å²) >= 11 is 0. The Morgan fingerprint density at radius 3 is 0.524 bits per heavy atom. The molecule has 0 aliphatic rings. The maximum absolute atomic E-state index is 2.27. The molecule has 0 heterocycles. The Hall–Kier alpha value is -10.7. The highest BCUT2D eigenvalue weighted by Gasteiger charge is 2.19. The molecule has 0 bridgehead atoms. The van der Waals surface area contributed by atoms with E-state index in [1.807, 2.05) is 48.5 Å². The Kier molecular flexibility index (Phi) is 13.5. The van der Waals surface area contributed by atoms with Gasteiger partial charge in [0.05, 0.1) is 0 Å². The quantitative estimate of drug-likeness (QED) is 0.114. The van der Waals surface area contributed by atoms with E-state index in [0.717, 1.165) is 0 Å². The van der Waals surface area contributed by atoms with Gasteiger partial charge in [-0.25, -0.2) is 0 Å². The van der Waals surface area contributed by atoms with Gasteiger partial charge in [-0.3, -0.25) is 0 Å². The second-order valence-corrected chi connectivity index (χ2v) is 21.0. The van der Waals surface area contributed by atoms with Crippen molar-refractivity contribution in [3.8, 4) is 11.1 Å². The first kappa shape index (κ1) is 49.6. The van der Waals surface area contributed by atoms with E-state index in [9.17, 15) is 0 Å². The molecule has 0 heteroatoms. The van der Waals surface area contributed by atoms with Gasteiger partial charge in [-0.1, -0.05) is 340 Å². The molecule has 0 aliphatic carbocycles. The summed E-state index contributed by atoms with van der Waals surface area (Å²) in [4.78, 5) is 0. The number of benzene rings is 19. The maximum atomic E-state index is 2.27. The lowest BCUT2D eigenvalue weighted by Crippen LogP contribution is -1.91. The molecular weight excluding hydrogens is 985 g/mol. The van der Waals surface area contributed by atoms with Crippen LogP contribution in [-0.2, 0) is 0 Å². The fourth-order valence-corrected chi connectivity index (χ4v) is 12.3. The van der Waals surface area contributed by atoms with E-state index in [2.05, 4.69) is 291 Å². The summed E-state index contributed by atoms with van der Waals surface area (Å²) in [5.74, 6) is 0. The zero-order valence-electron chi connectivity index (χ0n) is 45.3. The van der Waals surface area contributed by atoms with Crippen LogP contribution in [0.5, 0.6) is 0 Å². The van der Waals surface area contributed by atoms with Crippen molar-refractivity contribution in [1.82, 2.24) is 0 Å².